The predicted molar refractivity (Wildman–Crippen MR) is 59.5 cm³/mol. The van der Waals surface area contributed by atoms with Crippen LogP contribution in [0.25, 0.3) is 0 Å². The fourth-order valence-corrected chi connectivity index (χ4v) is 1.90. The van der Waals surface area contributed by atoms with E-state index in [9.17, 15) is 4.79 Å². The average molecular weight is 264 g/mol. The lowest BCUT2D eigenvalue weighted by atomic mass is 9.98. The van der Waals surface area contributed by atoms with Gasteiger partial charge in [0, 0.05) is 18.0 Å². The van der Waals surface area contributed by atoms with Crippen LogP contribution in [0.2, 0.25) is 0 Å². The van der Waals surface area contributed by atoms with Crippen LogP contribution in [0.4, 0.5) is 0 Å². The number of hydrogen-bond donors (Lipinski definition) is 1. The van der Waals surface area contributed by atoms with Crippen molar-refractivity contribution in [3.63, 3.8) is 0 Å². The van der Waals surface area contributed by atoms with E-state index < -0.39 is 0 Å². The summed E-state index contributed by atoms with van der Waals surface area (Å²) in [6, 6.07) is 0.195. The fourth-order valence-electron chi connectivity index (χ4n) is 1.74. The maximum atomic E-state index is 11.8. The van der Waals surface area contributed by atoms with Crippen LogP contribution >= 0.6 is 15.9 Å². The summed E-state index contributed by atoms with van der Waals surface area (Å²) in [5.41, 5.74) is 0. The molecule has 82 valence electrons. The van der Waals surface area contributed by atoms with Gasteiger partial charge in [0.05, 0.1) is 12.0 Å². The van der Waals surface area contributed by atoms with E-state index in [2.05, 4.69) is 28.2 Å². The van der Waals surface area contributed by atoms with E-state index in [4.69, 9.17) is 4.74 Å². The molecule has 1 heterocycles. The summed E-state index contributed by atoms with van der Waals surface area (Å²) in [5.74, 6) is 0.197. The lowest BCUT2D eigenvalue weighted by Crippen LogP contribution is -2.40. The van der Waals surface area contributed by atoms with Gasteiger partial charge < -0.3 is 10.1 Å². The quantitative estimate of drug-likeness (QED) is 0.785. The van der Waals surface area contributed by atoms with Gasteiger partial charge in [-0.1, -0.05) is 22.9 Å². The molecule has 4 heteroatoms. The Bertz CT molecular complexity index is 199. The van der Waals surface area contributed by atoms with Gasteiger partial charge in [0.25, 0.3) is 0 Å². The summed E-state index contributed by atoms with van der Waals surface area (Å²) in [4.78, 5) is 11.8. The van der Waals surface area contributed by atoms with Gasteiger partial charge in [-0.2, -0.15) is 0 Å². The molecule has 0 aromatic carbocycles. The van der Waals surface area contributed by atoms with Crippen molar-refractivity contribution < 1.29 is 9.53 Å². The maximum Gasteiger partial charge on any atom is 0.226 e. The van der Waals surface area contributed by atoms with Crippen molar-refractivity contribution in [1.82, 2.24) is 5.32 Å². The van der Waals surface area contributed by atoms with Crippen LogP contribution in [0, 0.1) is 5.92 Å². The highest BCUT2D eigenvalue weighted by atomic mass is 79.9. The van der Waals surface area contributed by atoms with Crippen molar-refractivity contribution in [2.75, 3.05) is 11.9 Å². The molecule has 3 atom stereocenters. The standard InChI is InChI=1S/C10H18BrNO2/c1-3-9-8(4-5-14-9)10(13)12-7(2)6-11/h7-9H,3-6H2,1-2H3,(H,12,13). The fraction of sp³-hybridized carbons (Fsp3) is 0.900. The van der Waals surface area contributed by atoms with Crippen molar-refractivity contribution in [2.45, 2.75) is 38.8 Å². The summed E-state index contributed by atoms with van der Waals surface area (Å²) in [7, 11) is 0. The molecule has 0 aromatic rings. The molecule has 1 N–H and O–H groups in total. The molecule has 0 radical (unpaired) electrons. The molecule has 3 unspecified atom stereocenters. The van der Waals surface area contributed by atoms with E-state index in [1.54, 1.807) is 0 Å². The summed E-state index contributed by atoms with van der Waals surface area (Å²) >= 11 is 3.34. The van der Waals surface area contributed by atoms with E-state index in [1.165, 1.54) is 0 Å². The third-order valence-electron chi connectivity index (χ3n) is 2.57. The zero-order valence-electron chi connectivity index (χ0n) is 8.75. The first kappa shape index (κ1) is 12.0. The number of amides is 1. The number of halogens is 1. The number of alkyl halides is 1. The van der Waals surface area contributed by atoms with Crippen molar-refractivity contribution in [3.8, 4) is 0 Å². The zero-order valence-corrected chi connectivity index (χ0v) is 10.3. The van der Waals surface area contributed by atoms with Gasteiger partial charge >= 0.3 is 0 Å². The molecule has 0 saturated carbocycles. The largest absolute Gasteiger partial charge is 0.377 e. The number of carbonyl (C=O) groups is 1. The third-order valence-corrected chi connectivity index (χ3v) is 3.54. The first-order valence-electron chi connectivity index (χ1n) is 5.17. The molecule has 1 fully saturated rings. The molecule has 1 aliphatic rings. The number of hydrogen-bond acceptors (Lipinski definition) is 2. The van der Waals surface area contributed by atoms with Crippen molar-refractivity contribution >= 4 is 21.8 Å². The number of ether oxygens (including phenoxy) is 1. The molecule has 1 saturated heterocycles. The average Bonchev–Trinajstić information content (AvgIpc) is 2.65. The maximum absolute atomic E-state index is 11.8. The van der Waals surface area contributed by atoms with Crippen molar-refractivity contribution in [2.24, 2.45) is 5.92 Å². The minimum Gasteiger partial charge on any atom is -0.377 e. The van der Waals surface area contributed by atoms with Crippen LogP contribution in [0.1, 0.15) is 26.7 Å². The minimum atomic E-state index is 0.0569. The SMILES string of the molecule is CCC1OCCC1C(=O)NC(C)CBr. The molecule has 14 heavy (non-hydrogen) atoms. The minimum absolute atomic E-state index is 0.0569. The normalized spacial score (nSPS) is 28.8. The highest BCUT2D eigenvalue weighted by molar-refractivity contribution is 9.09. The molecular formula is C10H18BrNO2. The van der Waals surface area contributed by atoms with Crippen molar-refractivity contribution in [3.05, 3.63) is 0 Å². The first-order chi connectivity index (χ1) is 6.69. The van der Waals surface area contributed by atoms with Crippen LogP contribution in [0.3, 0.4) is 0 Å². The second-order valence-corrected chi connectivity index (χ2v) is 4.42. The molecule has 1 amide bonds. The zero-order chi connectivity index (χ0) is 10.6. The first-order valence-corrected chi connectivity index (χ1v) is 6.29. The van der Waals surface area contributed by atoms with Gasteiger partial charge in [0.2, 0.25) is 5.91 Å². The number of carbonyl (C=O) groups excluding carboxylic acids is 1. The number of rotatable bonds is 4. The van der Waals surface area contributed by atoms with Gasteiger partial charge in [-0.05, 0) is 19.8 Å². The Morgan fingerprint density at radius 1 is 1.71 bits per heavy atom. The number of nitrogens with one attached hydrogen (secondary N) is 1. The lowest BCUT2D eigenvalue weighted by molar-refractivity contribution is -0.127. The van der Waals surface area contributed by atoms with Crippen molar-refractivity contribution in [1.29, 1.82) is 0 Å². The van der Waals surface area contributed by atoms with E-state index in [1.807, 2.05) is 6.92 Å². The van der Waals surface area contributed by atoms with Gasteiger partial charge in [0.1, 0.15) is 0 Å². The molecule has 1 rings (SSSR count). The summed E-state index contributed by atoms with van der Waals surface area (Å²) in [6.07, 6.45) is 1.90. The lowest BCUT2D eigenvalue weighted by Gasteiger charge is -2.18. The van der Waals surface area contributed by atoms with Gasteiger partial charge in [0.15, 0.2) is 0 Å². The van der Waals surface area contributed by atoms with E-state index in [0.717, 1.165) is 24.8 Å². The second-order valence-electron chi connectivity index (χ2n) is 3.78. The van der Waals surface area contributed by atoms with E-state index >= 15 is 0 Å². The van der Waals surface area contributed by atoms with E-state index in [0.29, 0.717) is 0 Å². The highest BCUT2D eigenvalue weighted by Gasteiger charge is 2.32. The monoisotopic (exact) mass is 263 g/mol. The molecule has 0 bridgehead atoms. The van der Waals surface area contributed by atoms with Crippen LogP contribution in [0.5, 0.6) is 0 Å². The van der Waals surface area contributed by atoms with Gasteiger partial charge in [-0.15, -0.1) is 0 Å². The summed E-state index contributed by atoms with van der Waals surface area (Å²) in [5, 5.41) is 3.76. The topological polar surface area (TPSA) is 38.3 Å². The van der Waals surface area contributed by atoms with Crippen LogP contribution in [-0.2, 0) is 9.53 Å². The van der Waals surface area contributed by atoms with Crippen LogP contribution < -0.4 is 5.32 Å². The molecule has 1 aliphatic heterocycles. The Hall–Kier alpha value is -0.0900. The summed E-state index contributed by atoms with van der Waals surface area (Å²) in [6.45, 7) is 4.77. The van der Waals surface area contributed by atoms with Crippen LogP contribution in [-0.4, -0.2) is 30.0 Å². The van der Waals surface area contributed by atoms with Gasteiger partial charge in [-0.3, -0.25) is 4.79 Å². The molecule has 0 spiro atoms. The Labute approximate surface area is 93.7 Å². The van der Waals surface area contributed by atoms with Crippen LogP contribution in [0.15, 0.2) is 0 Å². The molecular weight excluding hydrogens is 246 g/mol. The predicted octanol–water partition coefficient (Wildman–Crippen LogP) is 1.70. The second kappa shape index (κ2) is 5.71. The smallest absolute Gasteiger partial charge is 0.226 e. The molecule has 0 aromatic heterocycles. The Kier molecular flexibility index (Phi) is 4.89. The Balaban J connectivity index is 2.43. The van der Waals surface area contributed by atoms with E-state index in [-0.39, 0.29) is 24.0 Å². The third kappa shape index (κ3) is 2.95. The Morgan fingerprint density at radius 2 is 2.43 bits per heavy atom. The summed E-state index contributed by atoms with van der Waals surface area (Å²) < 4.78 is 5.48. The molecule has 3 nitrogen and oxygen atoms in total. The molecule has 0 aliphatic carbocycles. The Morgan fingerprint density at radius 3 is 3.00 bits per heavy atom. The van der Waals surface area contributed by atoms with Gasteiger partial charge in [-0.25, -0.2) is 0 Å². The highest BCUT2D eigenvalue weighted by Crippen LogP contribution is 2.23.